The minimum Gasteiger partial charge on any atom is -0.367 e. The van der Waals surface area contributed by atoms with Crippen LogP contribution in [0.1, 0.15) is 38.1 Å². The van der Waals surface area contributed by atoms with E-state index in [2.05, 4.69) is 28.9 Å². The van der Waals surface area contributed by atoms with Crippen molar-refractivity contribution in [2.45, 2.75) is 32.8 Å². The molecular formula is C13H24N4O2. The predicted molar refractivity (Wildman–Crippen MR) is 71.6 cm³/mol. The summed E-state index contributed by atoms with van der Waals surface area (Å²) in [6.45, 7) is 8.48. The maximum absolute atomic E-state index is 5.72. The Morgan fingerprint density at radius 1 is 1.47 bits per heavy atom. The van der Waals surface area contributed by atoms with Crippen molar-refractivity contribution in [3.8, 4) is 0 Å². The van der Waals surface area contributed by atoms with Crippen molar-refractivity contribution in [3.05, 3.63) is 11.7 Å². The van der Waals surface area contributed by atoms with Crippen molar-refractivity contribution in [1.82, 2.24) is 15.0 Å². The van der Waals surface area contributed by atoms with E-state index in [4.69, 9.17) is 15.0 Å². The van der Waals surface area contributed by atoms with Crippen LogP contribution in [0.4, 0.5) is 0 Å². The molecule has 0 amide bonds. The molecule has 1 aromatic heterocycles. The molecule has 2 N–H and O–H groups in total. The van der Waals surface area contributed by atoms with Crippen LogP contribution in [-0.4, -0.2) is 47.8 Å². The van der Waals surface area contributed by atoms with E-state index in [9.17, 15) is 0 Å². The van der Waals surface area contributed by atoms with Gasteiger partial charge in [0.25, 0.3) is 0 Å². The Morgan fingerprint density at radius 2 is 2.32 bits per heavy atom. The molecule has 1 saturated heterocycles. The number of hydrogen-bond acceptors (Lipinski definition) is 6. The van der Waals surface area contributed by atoms with Crippen LogP contribution in [0, 0.1) is 5.92 Å². The van der Waals surface area contributed by atoms with Gasteiger partial charge >= 0.3 is 0 Å². The van der Waals surface area contributed by atoms with Crippen LogP contribution in [0.5, 0.6) is 0 Å². The minimum absolute atomic E-state index is 0.0656. The third-order valence-corrected chi connectivity index (χ3v) is 3.74. The van der Waals surface area contributed by atoms with E-state index in [1.165, 1.54) is 0 Å². The topological polar surface area (TPSA) is 77.4 Å². The molecule has 2 heterocycles. The average Bonchev–Trinajstić information content (AvgIpc) is 2.93. The van der Waals surface area contributed by atoms with Crippen LogP contribution in [0.25, 0.3) is 0 Å². The Balaban J connectivity index is 1.96. The molecule has 1 aliphatic rings. The largest absolute Gasteiger partial charge is 0.367 e. The van der Waals surface area contributed by atoms with Crippen molar-refractivity contribution in [2.24, 2.45) is 11.7 Å². The van der Waals surface area contributed by atoms with Crippen molar-refractivity contribution >= 4 is 0 Å². The summed E-state index contributed by atoms with van der Waals surface area (Å²) in [5.74, 6) is 1.75. The number of aromatic nitrogens is 2. The molecule has 1 fully saturated rings. The molecule has 19 heavy (non-hydrogen) atoms. The number of hydrogen-bond donors (Lipinski definition) is 1. The van der Waals surface area contributed by atoms with Crippen LogP contribution in [0.3, 0.4) is 0 Å². The standard InChI is InChI=1S/C13H24N4O2/c1-3-10(8-14)7-12-15-13(16-19-12)11-9-17(4-2)5-6-18-11/h10-11H,3-9,14H2,1-2H3. The van der Waals surface area contributed by atoms with Crippen LogP contribution in [0.2, 0.25) is 0 Å². The van der Waals surface area contributed by atoms with E-state index in [0.717, 1.165) is 39.1 Å². The van der Waals surface area contributed by atoms with Gasteiger partial charge in [0.05, 0.1) is 6.61 Å². The lowest BCUT2D eigenvalue weighted by Gasteiger charge is -2.30. The Kier molecular flexibility index (Phi) is 5.30. The van der Waals surface area contributed by atoms with Crippen LogP contribution in [0.15, 0.2) is 4.52 Å². The van der Waals surface area contributed by atoms with E-state index >= 15 is 0 Å². The molecule has 0 radical (unpaired) electrons. The second-order valence-corrected chi connectivity index (χ2v) is 5.01. The summed E-state index contributed by atoms with van der Waals surface area (Å²) < 4.78 is 11.0. The normalized spacial score (nSPS) is 22.6. The number of ether oxygens (including phenoxy) is 1. The fraction of sp³-hybridized carbons (Fsp3) is 0.846. The molecular weight excluding hydrogens is 244 g/mol. The number of rotatable bonds is 6. The second-order valence-electron chi connectivity index (χ2n) is 5.01. The average molecular weight is 268 g/mol. The first-order valence-corrected chi connectivity index (χ1v) is 7.13. The number of nitrogens with two attached hydrogens (primary N) is 1. The van der Waals surface area contributed by atoms with Crippen molar-refractivity contribution in [1.29, 1.82) is 0 Å². The molecule has 108 valence electrons. The van der Waals surface area contributed by atoms with Gasteiger partial charge in [-0.2, -0.15) is 4.98 Å². The molecule has 6 heteroatoms. The molecule has 6 nitrogen and oxygen atoms in total. The van der Waals surface area contributed by atoms with Gasteiger partial charge in [0.15, 0.2) is 0 Å². The highest BCUT2D eigenvalue weighted by molar-refractivity contribution is 4.95. The third kappa shape index (κ3) is 3.75. The molecule has 2 unspecified atom stereocenters. The summed E-state index contributed by atoms with van der Waals surface area (Å²) in [4.78, 5) is 6.79. The van der Waals surface area contributed by atoms with E-state index < -0.39 is 0 Å². The van der Waals surface area contributed by atoms with E-state index in [-0.39, 0.29) is 6.10 Å². The van der Waals surface area contributed by atoms with Gasteiger partial charge in [-0.25, -0.2) is 0 Å². The molecule has 2 rings (SSSR count). The summed E-state index contributed by atoms with van der Waals surface area (Å²) in [6, 6.07) is 0. The summed E-state index contributed by atoms with van der Waals surface area (Å²) in [7, 11) is 0. The highest BCUT2D eigenvalue weighted by Gasteiger charge is 2.25. The van der Waals surface area contributed by atoms with E-state index in [1.54, 1.807) is 0 Å². The maximum atomic E-state index is 5.72. The zero-order chi connectivity index (χ0) is 13.7. The van der Waals surface area contributed by atoms with Crippen molar-refractivity contribution in [2.75, 3.05) is 32.8 Å². The summed E-state index contributed by atoms with van der Waals surface area (Å²) in [5, 5.41) is 4.05. The zero-order valence-corrected chi connectivity index (χ0v) is 11.8. The third-order valence-electron chi connectivity index (χ3n) is 3.74. The summed E-state index contributed by atoms with van der Waals surface area (Å²) >= 11 is 0. The fourth-order valence-electron chi connectivity index (χ4n) is 2.27. The Morgan fingerprint density at radius 3 is 3.00 bits per heavy atom. The molecule has 0 aliphatic carbocycles. The quantitative estimate of drug-likeness (QED) is 0.829. The summed E-state index contributed by atoms with van der Waals surface area (Å²) in [6.07, 6.45) is 1.71. The van der Waals surface area contributed by atoms with Gasteiger partial charge in [-0.1, -0.05) is 25.4 Å². The zero-order valence-electron chi connectivity index (χ0n) is 11.8. The highest BCUT2D eigenvalue weighted by Crippen LogP contribution is 2.20. The van der Waals surface area contributed by atoms with Gasteiger partial charge in [0, 0.05) is 19.5 Å². The Hall–Kier alpha value is -0.980. The number of morpholine rings is 1. The molecule has 0 saturated carbocycles. The monoisotopic (exact) mass is 268 g/mol. The van der Waals surface area contributed by atoms with Gasteiger partial charge in [-0.3, -0.25) is 4.90 Å². The molecule has 0 aromatic carbocycles. The van der Waals surface area contributed by atoms with Gasteiger partial charge < -0.3 is 15.0 Å². The smallest absolute Gasteiger partial charge is 0.227 e. The van der Waals surface area contributed by atoms with E-state index in [0.29, 0.717) is 24.2 Å². The maximum Gasteiger partial charge on any atom is 0.227 e. The van der Waals surface area contributed by atoms with Crippen LogP contribution in [-0.2, 0) is 11.2 Å². The first-order valence-electron chi connectivity index (χ1n) is 7.13. The minimum atomic E-state index is -0.0656. The molecule has 1 aliphatic heterocycles. The summed E-state index contributed by atoms with van der Waals surface area (Å²) in [5.41, 5.74) is 5.70. The predicted octanol–water partition coefficient (Wildman–Crippen LogP) is 0.990. The Labute approximate surface area is 114 Å². The van der Waals surface area contributed by atoms with Gasteiger partial charge in [0.2, 0.25) is 11.7 Å². The lowest BCUT2D eigenvalue weighted by Crippen LogP contribution is -2.38. The first-order chi connectivity index (χ1) is 9.26. The van der Waals surface area contributed by atoms with Crippen LogP contribution < -0.4 is 5.73 Å². The molecule has 0 spiro atoms. The van der Waals surface area contributed by atoms with Crippen molar-refractivity contribution in [3.63, 3.8) is 0 Å². The Bertz CT molecular complexity index is 378. The van der Waals surface area contributed by atoms with E-state index in [1.807, 2.05) is 0 Å². The molecule has 1 aromatic rings. The molecule has 0 bridgehead atoms. The highest BCUT2D eigenvalue weighted by atomic mass is 16.5. The van der Waals surface area contributed by atoms with Gasteiger partial charge in [0.1, 0.15) is 6.10 Å². The first kappa shape index (κ1) is 14.4. The van der Waals surface area contributed by atoms with Gasteiger partial charge in [-0.15, -0.1) is 0 Å². The second kappa shape index (κ2) is 6.98. The number of likely N-dealkylation sites (N-methyl/N-ethyl adjacent to an activating group) is 1. The lowest BCUT2D eigenvalue weighted by molar-refractivity contribution is -0.0334. The fourth-order valence-corrected chi connectivity index (χ4v) is 2.27. The molecule has 2 atom stereocenters. The number of nitrogens with zero attached hydrogens (tertiary/aromatic N) is 3. The SMILES string of the molecule is CCC(CN)Cc1nc(C2CN(CC)CCO2)no1. The lowest BCUT2D eigenvalue weighted by atomic mass is 10.0. The van der Waals surface area contributed by atoms with Gasteiger partial charge in [-0.05, 0) is 19.0 Å². The van der Waals surface area contributed by atoms with Crippen molar-refractivity contribution < 1.29 is 9.26 Å². The van der Waals surface area contributed by atoms with Crippen LogP contribution >= 0.6 is 0 Å².